The van der Waals surface area contributed by atoms with E-state index in [2.05, 4.69) is 5.32 Å². The Bertz CT molecular complexity index is 320. The molecule has 1 atom stereocenters. The number of esters is 1. The van der Waals surface area contributed by atoms with Gasteiger partial charge < -0.3 is 24.3 Å². The summed E-state index contributed by atoms with van der Waals surface area (Å²) in [6.45, 7) is 11.3. The van der Waals surface area contributed by atoms with Crippen LogP contribution in [0.5, 0.6) is 0 Å². The molecule has 0 aromatic carbocycles. The summed E-state index contributed by atoms with van der Waals surface area (Å²) < 4.78 is 20.8. The van der Waals surface area contributed by atoms with Crippen LogP contribution in [0.4, 0.5) is 4.79 Å². The predicted octanol–water partition coefficient (Wildman–Crippen LogP) is 1.84. The lowest BCUT2D eigenvalue weighted by Gasteiger charge is -2.27. The lowest BCUT2D eigenvalue weighted by molar-refractivity contribution is -0.178. The first-order valence-electron chi connectivity index (χ1n) is 7.14. The highest BCUT2D eigenvalue weighted by molar-refractivity contribution is 5.81. The third-order valence-corrected chi connectivity index (χ3v) is 2.15. The molecule has 21 heavy (non-hydrogen) atoms. The monoisotopic (exact) mass is 305 g/mol. The fourth-order valence-corrected chi connectivity index (χ4v) is 1.47. The van der Waals surface area contributed by atoms with E-state index < -0.39 is 30.0 Å². The van der Waals surface area contributed by atoms with Gasteiger partial charge in [0.25, 0.3) is 0 Å². The van der Waals surface area contributed by atoms with E-state index in [1.54, 1.807) is 41.5 Å². The summed E-state index contributed by atoms with van der Waals surface area (Å²) in [7, 11) is 0. The van der Waals surface area contributed by atoms with Gasteiger partial charge in [0.2, 0.25) is 0 Å². The van der Waals surface area contributed by atoms with Gasteiger partial charge in [-0.25, -0.2) is 9.59 Å². The molecule has 0 spiro atoms. The van der Waals surface area contributed by atoms with Gasteiger partial charge in [-0.3, -0.25) is 0 Å². The highest BCUT2D eigenvalue weighted by Crippen LogP contribution is 2.10. The average molecular weight is 305 g/mol. The first-order chi connectivity index (χ1) is 9.75. The minimum atomic E-state index is -1.08. The number of carbonyl (C=O) groups excluding carboxylic acids is 2. The van der Waals surface area contributed by atoms with Crippen LogP contribution in [0.25, 0.3) is 0 Å². The Kier molecular flexibility index (Phi) is 8.96. The van der Waals surface area contributed by atoms with Gasteiger partial charge in [-0.2, -0.15) is 0 Å². The van der Waals surface area contributed by atoms with Crippen molar-refractivity contribution in [2.75, 3.05) is 19.8 Å². The van der Waals surface area contributed by atoms with E-state index >= 15 is 0 Å². The van der Waals surface area contributed by atoms with Crippen LogP contribution in [-0.2, 0) is 23.7 Å². The molecule has 0 fully saturated rings. The summed E-state index contributed by atoms with van der Waals surface area (Å²) in [5.74, 6) is -0.629. The topological polar surface area (TPSA) is 83.1 Å². The van der Waals surface area contributed by atoms with Crippen LogP contribution >= 0.6 is 0 Å². The molecule has 0 heterocycles. The normalized spacial score (nSPS) is 12.9. The van der Waals surface area contributed by atoms with Gasteiger partial charge in [-0.15, -0.1) is 0 Å². The van der Waals surface area contributed by atoms with Crippen molar-refractivity contribution in [2.45, 2.75) is 59.5 Å². The first kappa shape index (κ1) is 19.7. The smallest absolute Gasteiger partial charge is 0.408 e. The van der Waals surface area contributed by atoms with Crippen molar-refractivity contribution < 1.29 is 28.5 Å². The van der Waals surface area contributed by atoms with Crippen LogP contribution in [0, 0.1) is 0 Å². The van der Waals surface area contributed by atoms with Crippen LogP contribution < -0.4 is 5.32 Å². The molecule has 0 aromatic heterocycles. The largest absolute Gasteiger partial charge is 0.464 e. The molecule has 0 aliphatic carbocycles. The van der Waals surface area contributed by atoms with Crippen molar-refractivity contribution in [2.24, 2.45) is 0 Å². The Hall–Kier alpha value is -1.34. The second-order valence-corrected chi connectivity index (χ2v) is 5.16. The molecule has 0 aromatic rings. The molecular weight excluding hydrogens is 278 g/mol. The number of hydrogen-bond acceptors (Lipinski definition) is 6. The quantitative estimate of drug-likeness (QED) is 0.544. The van der Waals surface area contributed by atoms with Crippen molar-refractivity contribution in [3.63, 3.8) is 0 Å². The molecule has 124 valence electrons. The van der Waals surface area contributed by atoms with E-state index in [0.717, 1.165) is 0 Å². The number of amides is 1. The van der Waals surface area contributed by atoms with Gasteiger partial charge in [-0.1, -0.05) is 0 Å². The zero-order chi connectivity index (χ0) is 16.5. The molecule has 0 aliphatic heterocycles. The van der Waals surface area contributed by atoms with Gasteiger partial charge in [0.15, 0.2) is 12.3 Å². The SMILES string of the molecule is CCOC(=O)C(NC(=O)OC(C)(C)C)C(OCC)OCC. The molecule has 0 aliphatic rings. The standard InChI is InChI=1S/C14H27NO6/c1-7-18-11(16)10(12(19-8-2)20-9-3)15-13(17)21-14(4,5)6/h10,12H,7-9H2,1-6H3,(H,15,17). The lowest BCUT2D eigenvalue weighted by atomic mass is 10.2. The second kappa shape index (κ2) is 9.57. The van der Waals surface area contributed by atoms with E-state index in [4.69, 9.17) is 18.9 Å². The molecule has 0 radical (unpaired) electrons. The number of rotatable bonds is 8. The maximum absolute atomic E-state index is 12.0. The summed E-state index contributed by atoms with van der Waals surface area (Å²) in [6, 6.07) is -1.08. The van der Waals surface area contributed by atoms with Crippen LogP contribution in [0.1, 0.15) is 41.5 Å². The molecule has 7 nitrogen and oxygen atoms in total. The summed E-state index contributed by atoms with van der Waals surface area (Å²) in [5.41, 5.74) is -0.671. The zero-order valence-electron chi connectivity index (χ0n) is 13.7. The molecule has 1 amide bonds. The Labute approximate surface area is 126 Å². The Morgan fingerprint density at radius 2 is 1.52 bits per heavy atom. The second-order valence-electron chi connectivity index (χ2n) is 5.16. The fraction of sp³-hybridized carbons (Fsp3) is 0.857. The number of ether oxygens (including phenoxy) is 4. The molecule has 1 unspecified atom stereocenters. The summed E-state index contributed by atoms with van der Waals surface area (Å²) in [5, 5.41) is 2.44. The minimum absolute atomic E-state index is 0.191. The van der Waals surface area contributed by atoms with Crippen LogP contribution in [0.2, 0.25) is 0 Å². The third kappa shape index (κ3) is 8.52. The van der Waals surface area contributed by atoms with Crippen LogP contribution in [-0.4, -0.2) is 49.8 Å². The summed E-state index contributed by atoms with van der Waals surface area (Å²) >= 11 is 0. The maximum atomic E-state index is 12.0. The Morgan fingerprint density at radius 3 is 1.90 bits per heavy atom. The van der Waals surface area contributed by atoms with Gasteiger partial charge in [0.1, 0.15) is 5.60 Å². The van der Waals surface area contributed by atoms with E-state index in [1.807, 2.05) is 0 Å². The van der Waals surface area contributed by atoms with E-state index in [-0.39, 0.29) is 6.61 Å². The summed E-state index contributed by atoms with van der Waals surface area (Å²) in [4.78, 5) is 23.8. The van der Waals surface area contributed by atoms with Gasteiger partial charge in [0, 0.05) is 13.2 Å². The molecule has 0 bridgehead atoms. The molecule has 7 heteroatoms. The number of hydrogen-bond donors (Lipinski definition) is 1. The zero-order valence-corrected chi connectivity index (χ0v) is 13.7. The van der Waals surface area contributed by atoms with Crippen molar-refractivity contribution in [1.29, 1.82) is 0 Å². The van der Waals surface area contributed by atoms with Crippen molar-refractivity contribution in [3.8, 4) is 0 Å². The number of carbonyl (C=O) groups is 2. The van der Waals surface area contributed by atoms with Gasteiger partial charge >= 0.3 is 12.1 Å². The molecule has 0 rings (SSSR count). The fourth-order valence-electron chi connectivity index (χ4n) is 1.47. The molecule has 0 saturated heterocycles. The predicted molar refractivity (Wildman–Crippen MR) is 76.8 cm³/mol. The van der Waals surface area contributed by atoms with Crippen LogP contribution in [0.3, 0.4) is 0 Å². The number of nitrogens with one attached hydrogen (secondary N) is 1. The van der Waals surface area contributed by atoms with Crippen molar-refractivity contribution in [3.05, 3.63) is 0 Å². The Balaban J connectivity index is 4.94. The van der Waals surface area contributed by atoms with E-state index in [0.29, 0.717) is 13.2 Å². The average Bonchev–Trinajstić information content (AvgIpc) is 2.34. The molecule has 0 saturated carbocycles. The molecule has 1 N–H and O–H groups in total. The first-order valence-corrected chi connectivity index (χ1v) is 7.14. The van der Waals surface area contributed by atoms with Gasteiger partial charge in [0.05, 0.1) is 6.61 Å². The summed E-state index contributed by atoms with van der Waals surface area (Å²) in [6.07, 6.45) is -1.66. The van der Waals surface area contributed by atoms with Gasteiger partial charge in [-0.05, 0) is 41.5 Å². The molecular formula is C14H27NO6. The highest BCUT2D eigenvalue weighted by Gasteiger charge is 2.34. The van der Waals surface area contributed by atoms with E-state index in [9.17, 15) is 9.59 Å². The third-order valence-electron chi connectivity index (χ3n) is 2.15. The minimum Gasteiger partial charge on any atom is -0.464 e. The van der Waals surface area contributed by atoms with Crippen molar-refractivity contribution >= 4 is 12.1 Å². The lowest BCUT2D eigenvalue weighted by Crippen LogP contribution is -2.52. The maximum Gasteiger partial charge on any atom is 0.408 e. The Morgan fingerprint density at radius 1 is 1.00 bits per heavy atom. The van der Waals surface area contributed by atoms with E-state index in [1.165, 1.54) is 0 Å². The highest BCUT2D eigenvalue weighted by atomic mass is 16.7. The van der Waals surface area contributed by atoms with Crippen LogP contribution in [0.15, 0.2) is 0 Å². The number of alkyl carbamates (subject to hydrolysis) is 1. The van der Waals surface area contributed by atoms with Crippen molar-refractivity contribution in [1.82, 2.24) is 5.32 Å².